The molecule has 0 spiro atoms. The molecular formula is C31H37ClN2. The van der Waals surface area contributed by atoms with E-state index in [1.807, 2.05) is 0 Å². The minimum atomic E-state index is 0. The van der Waals surface area contributed by atoms with E-state index in [9.17, 15) is 0 Å². The summed E-state index contributed by atoms with van der Waals surface area (Å²) in [4.78, 5) is 0. The summed E-state index contributed by atoms with van der Waals surface area (Å²) in [5.74, 6) is 1.65. The van der Waals surface area contributed by atoms with Crippen molar-refractivity contribution in [3.8, 4) is 22.5 Å². The lowest BCUT2D eigenvalue weighted by Crippen LogP contribution is -3.00. The minimum absolute atomic E-state index is 0. The first kappa shape index (κ1) is 22.4. The average molecular weight is 473 g/mol. The molecule has 2 fully saturated rings. The molecule has 0 N–H and O–H groups in total. The van der Waals surface area contributed by atoms with Crippen molar-refractivity contribution in [2.45, 2.75) is 89.1 Å². The Morgan fingerprint density at radius 3 is 1.94 bits per heavy atom. The molecule has 0 amide bonds. The maximum absolute atomic E-state index is 2.77. The Balaban J connectivity index is 0.00000217. The van der Waals surface area contributed by atoms with Crippen molar-refractivity contribution in [2.75, 3.05) is 0 Å². The normalized spacial score (nSPS) is 24.4. The SMILES string of the molecule is [Cl-].c1ccc2c(c1)C[C@@H](C1CCCCC1)n1c[n+]3c(c1-2)-c1ccccc1C[C@H]3C1CCCCC1. The van der Waals surface area contributed by atoms with Gasteiger partial charge in [-0.15, -0.1) is 0 Å². The molecule has 2 aliphatic heterocycles. The largest absolute Gasteiger partial charge is 1.00 e. The number of aromatic nitrogens is 2. The Labute approximate surface area is 210 Å². The Hall–Kier alpha value is -2.06. The number of imidazole rings is 1. The van der Waals surface area contributed by atoms with Crippen LogP contribution in [0.15, 0.2) is 54.9 Å². The van der Waals surface area contributed by atoms with Crippen molar-refractivity contribution >= 4 is 0 Å². The third-order valence-electron chi connectivity index (χ3n) is 9.50. The third-order valence-corrected chi connectivity index (χ3v) is 9.50. The number of nitrogens with zero attached hydrogens (tertiary/aromatic N) is 2. The summed E-state index contributed by atoms with van der Waals surface area (Å²) in [6, 6.07) is 19.9. The van der Waals surface area contributed by atoms with Crippen LogP contribution < -0.4 is 17.0 Å². The molecule has 0 unspecified atom stereocenters. The van der Waals surface area contributed by atoms with Crippen LogP contribution >= 0.6 is 0 Å². The average Bonchev–Trinajstić information content (AvgIpc) is 3.30. The maximum atomic E-state index is 2.77. The molecule has 7 rings (SSSR count). The van der Waals surface area contributed by atoms with Gasteiger partial charge in [-0.3, -0.25) is 0 Å². The van der Waals surface area contributed by atoms with Crippen molar-refractivity contribution in [3.63, 3.8) is 0 Å². The zero-order chi connectivity index (χ0) is 21.8. The van der Waals surface area contributed by atoms with E-state index in [1.165, 1.54) is 99.6 Å². The van der Waals surface area contributed by atoms with E-state index in [2.05, 4.69) is 64.0 Å². The van der Waals surface area contributed by atoms with Crippen molar-refractivity contribution in [1.82, 2.24) is 4.57 Å². The fourth-order valence-corrected chi connectivity index (χ4v) is 7.86. The number of hydrogen-bond acceptors (Lipinski definition) is 0. The first-order valence-corrected chi connectivity index (χ1v) is 13.7. The Bertz CT molecular complexity index is 1080. The number of benzene rings is 2. The number of hydrogen-bond donors (Lipinski definition) is 0. The van der Waals surface area contributed by atoms with E-state index in [-0.39, 0.29) is 12.4 Å². The second-order valence-corrected chi connectivity index (χ2v) is 11.3. The molecule has 2 aliphatic carbocycles. The van der Waals surface area contributed by atoms with Gasteiger partial charge >= 0.3 is 0 Å². The third kappa shape index (κ3) is 3.56. The van der Waals surface area contributed by atoms with E-state index in [4.69, 9.17) is 0 Å². The lowest BCUT2D eigenvalue weighted by Gasteiger charge is -2.32. The zero-order valence-corrected chi connectivity index (χ0v) is 21.0. The predicted octanol–water partition coefficient (Wildman–Crippen LogP) is 4.47. The monoisotopic (exact) mass is 472 g/mol. The highest BCUT2D eigenvalue weighted by Crippen LogP contribution is 2.48. The first-order chi connectivity index (χ1) is 16.4. The Morgan fingerprint density at radius 2 is 1.24 bits per heavy atom. The summed E-state index contributed by atoms with van der Waals surface area (Å²) >= 11 is 0. The summed E-state index contributed by atoms with van der Waals surface area (Å²) in [6.45, 7) is 0. The van der Waals surface area contributed by atoms with Gasteiger partial charge in [0.2, 0.25) is 6.33 Å². The predicted molar refractivity (Wildman–Crippen MR) is 134 cm³/mol. The van der Waals surface area contributed by atoms with Crippen LogP contribution in [-0.2, 0) is 12.8 Å². The van der Waals surface area contributed by atoms with E-state index < -0.39 is 0 Å². The number of halogens is 1. The molecule has 178 valence electrons. The summed E-state index contributed by atoms with van der Waals surface area (Å²) < 4.78 is 5.54. The highest BCUT2D eigenvalue weighted by Gasteiger charge is 2.44. The van der Waals surface area contributed by atoms with Crippen LogP contribution in [0.4, 0.5) is 0 Å². The van der Waals surface area contributed by atoms with Gasteiger partial charge in [-0.1, -0.05) is 87.1 Å². The minimum Gasteiger partial charge on any atom is -1.00 e. The fourth-order valence-electron chi connectivity index (χ4n) is 7.86. The molecule has 34 heavy (non-hydrogen) atoms. The molecule has 3 heterocycles. The van der Waals surface area contributed by atoms with Gasteiger partial charge in [-0.25, -0.2) is 9.13 Å². The van der Waals surface area contributed by atoms with Gasteiger partial charge in [-0.2, -0.15) is 0 Å². The number of fused-ring (bicyclic) bond motifs is 7. The van der Waals surface area contributed by atoms with Crippen LogP contribution in [0.25, 0.3) is 22.5 Å². The van der Waals surface area contributed by atoms with Crippen LogP contribution in [0, 0.1) is 11.8 Å². The van der Waals surface area contributed by atoms with Crippen LogP contribution in [0.2, 0.25) is 0 Å². The summed E-state index contributed by atoms with van der Waals surface area (Å²) in [6.07, 6.45) is 19.2. The molecule has 0 bridgehead atoms. The molecule has 2 nitrogen and oxygen atoms in total. The van der Waals surface area contributed by atoms with Crippen LogP contribution in [0.1, 0.15) is 87.4 Å². The van der Waals surface area contributed by atoms with Crippen molar-refractivity contribution in [3.05, 3.63) is 66.0 Å². The molecule has 2 saturated carbocycles. The molecule has 0 radical (unpaired) electrons. The smallest absolute Gasteiger partial charge is 0.245 e. The van der Waals surface area contributed by atoms with E-state index in [1.54, 1.807) is 11.1 Å². The fraction of sp³-hybridized carbons (Fsp3) is 0.516. The molecule has 4 aliphatic rings. The standard InChI is InChI=1S/C31H37N2.ClH/c1-3-11-22(12-4-1)28-19-24-15-7-9-17-26(24)30-31-27-18-10-8-16-25(27)20-29(33(31)21-32(28)30)23-13-5-2-6-14-23;/h7-10,15-18,21-23,28-29H,1-6,11-14,19-20H2;1H/q+1;/p-1/t28-,29-;/m0./s1. The van der Waals surface area contributed by atoms with Crippen LogP contribution in [0.5, 0.6) is 0 Å². The van der Waals surface area contributed by atoms with E-state index in [0.29, 0.717) is 12.1 Å². The van der Waals surface area contributed by atoms with Crippen LogP contribution in [-0.4, -0.2) is 4.57 Å². The second-order valence-electron chi connectivity index (χ2n) is 11.3. The summed E-state index contributed by atoms with van der Waals surface area (Å²) in [5, 5.41) is 0. The van der Waals surface area contributed by atoms with Gasteiger partial charge in [0.1, 0.15) is 12.1 Å². The molecular weight excluding hydrogens is 436 g/mol. The number of rotatable bonds is 2. The van der Waals surface area contributed by atoms with Crippen molar-refractivity contribution < 1.29 is 17.0 Å². The van der Waals surface area contributed by atoms with Gasteiger partial charge < -0.3 is 12.4 Å². The second kappa shape index (κ2) is 9.19. The van der Waals surface area contributed by atoms with Crippen LogP contribution in [0.3, 0.4) is 0 Å². The lowest BCUT2D eigenvalue weighted by atomic mass is 9.77. The summed E-state index contributed by atoms with van der Waals surface area (Å²) in [7, 11) is 0. The molecule has 3 aromatic rings. The van der Waals surface area contributed by atoms with Gasteiger partial charge in [0, 0.05) is 24.0 Å². The van der Waals surface area contributed by atoms with Crippen molar-refractivity contribution in [1.29, 1.82) is 0 Å². The Kier molecular flexibility index (Phi) is 6.06. The molecule has 3 heteroatoms. The van der Waals surface area contributed by atoms with E-state index >= 15 is 0 Å². The highest BCUT2D eigenvalue weighted by molar-refractivity contribution is 5.81. The molecule has 0 saturated heterocycles. The quantitative estimate of drug-likeness (QED) is 0.486. The molecule has 2 atom stereocenters. The lowest BCUT2D eigenvalue weighted by molar-refractivity contribution is -0.722. The van der Waals surface area contributed by atoms with Gasteiger partial charge in [0.05, 0.1) is 0 Å². The summed E-state index contributed by atoms with van der Waals surface area (Å²) in [5.41, 5.74) is 9.13. The molecule has 2 aromatic carbocycles. The topological polar surface area (TPSA) is 8.81 Å². The van der Waals surface area contributed by atoms with Gasteiger partial charge in [-0.05, 0) is 48.6 Å². The molecule has 1 aromatic heterocycles. The van der Waals surface area contributed by atoms with Gasteiger partial charge in [0.15, 0.2) is 11.4 Å². The first-order valence-electron chi connectivity index (χ1n) is 13.7. The van der Waals surface area contributed by atoms with E-state index in [0.717, 1.165) is 11.8 Å². The highest BCUT2D eigenvalue weighted by atomic mass is 35.5. The van der Waals surface area contributed by atoms with Crippen molar-refractivity contribution in [2.24, 2.45) is 11.8 Å². The van der Waals surface area contributed by atoms with Gasteiger partial charge in [0.25, 0.3) is 0 Å². The Morgan fingerprint density at radius 1 is 0.647 bits per heavy atom. The zero-order valence-electron chi connectivity index (χ0n) is 20.3. The maximum Gasteiger partial charge on any atom is 0.245 e.